The average molecular weight is 200 g/mol. The molecule has 1 unspecified atom stereocenters. The van der Waals surface area contributed by atoms with Gasteiger partial charge in [-0.05, 0) is 30.4 Å². The summed E-state index contributed by atoms with van der Waals surface area (Å²) in [4.78, 5) is 15.7. The number of rotatable bonds is 4. The van der Waals surface area contributed by atoms with Crippen molar-refractivity contribution >= 4 is 5.78 Å². The second kappa shape index (κ2) is 4.22. The third kappa shape index (κ3) is 2.41. The molecule has 76 valence electrons. The first-order valence-electron chi connectivity index (χ1n) is 5.13. The van der Waals surface area contributed by atoms with Crippen LogP contribution in [0.2, 0.25) is 0 Å². The Balaban J connectivity index is 2.10. The molecule has 0 spiro atoms. The molecule has 0 N–H and O–H groups in total. The maximum Gasteiger partial charge on any atom is 0.154 e. The zero-order valence-electron chi connectivity index (χ0n) is 8.39. The molecule has 0 bridgehead atoms. The van der Waals surface area contributed by atoms with Crippen molar-refractivity contribution < 1.29 is 4.79 Å². The normalized spacial score (nSPS) is 16.7. The molecule has 0 amide bonds. The van der Waals surface area contributed by atoms with Gasteiger partial charge >= 0.3 is 0 Å². The maximum absolute atomic E-state index is 11.8. The van der Waals surface area contributed by atoms with E-state index < -0.39 is 5.92 Å². The Hall–Kier alpha value is -1.69. The lowest BCUT2D eigenvalue weighted by Gasteiger charge is -2.06. The second-order valence-corrected chi connectivity index (χ2v) is 3.96. The number of pyridine rings is 1. The topological polar surface area (TPSA) is 53.8 Å². The van der Waals surface area contributed by atoms with Crippen LogP contribution >= 0.6 is 0 Å². The van der Waals surface area contributed by atoms with Crippen molar-refractivity contribution in [3.63, 3.8) is 0 Å². The summed E-state index contributed by atoms with van der Waals surface area (Å²) in [5.41, 5.74) is 0.714. The molecule has 1 saturated carbocycles. The summed E-state index contributed by atoms with van der Waals surface area (Å²) in [6, 6.07) is 5.60. The van der Waals surface area contributed by atoms with Crippen molar-refractivity contribution in [2.24, 2.45) is 5.92 Å². The van der Waals surface area contributed by atoms with Crippen LogP contribution in [0.5, 0.6) is 0 Å². The van der Waals surface area contributed by atoms with Gasteiger partial charge in [-0.2, -0.15) is 5.26 Å². The van der Waals surface area contributed by atoms with E-state index in [1.54, 1.807) is 24.5 Å². The number of hydrogen-bond acceptors (Lipinski definition) is 3. The SMILES string of the molecule is N#CC(C(=O)CC1CC1)c1cccnc1. The molecular formula is C12H12N2O. The van der Waals surface area contributed by atoms with Crippen LogP contribution in [-0.2, 0) is 4.79 Å². The highest BCUT2D eigenvalue weighted by Crippen LogP contribution is 2.34. The van der Waals surface area contributed by atoms with Gasteiger partial charge in [0.2, 0.25) is 0 Å². The van der Waals surface area contributed by atoms with E-state index >= 15 is 0 Å². The molecule has 1 aromatic rings. The number of Topliss-reactive ketones (excluding diaryl/α,β-unsaturated/α-hetero) is 1. The molecule has 1 heterocycles. The van der Waals surface area contributed by atoms with Gasteiger partial charge in [-0.3, -0.25) is 9.78 Å². The molecule has 2 rings (SSSR count). The van der Waals surface area contributed by atoms with Crippen LogP contribution < -0.4 is 0 Å². The Labute approximate surface area is 88.8 Å². The van der Waals surface area contributed by atoms with Crippen molar-refractivity contribution in [1.29, 1.82) is 5.26 Å². The summed E-state index contributed by atoms with van der Waals surface area (Å²) in [6.45, 7) is 0. The fourth-order valence-corrected chi connectivity index (χ4v) is 1.60. The fraction of sp³-hybridized carbons (Fsp3) is 0.417. The van der Waals surface area contributed by atoms with E-state index in [0.29, 0.717) is 17.9 Å². The van der Waals surface area contributed by atoms with Gasteiger partial charge in [0.1, 0.15) is 5.92 Å². The highest BCUT2D eigenvalue weighted by atomic mass is 16.1. The van der Waals surface area contributed by atoms with Crippen molar-refractivity contribution in [2.45, 2.75) is 25.2 Å². The maximum atomic E-state index is 11.8. The van der Waals surface area contributed by atoms with Crippen LogP contribution in [0, 0.1) is 17.2 Å². The van der Waals surface area contributed by atoms with Crippen LogP contribution in [0.15, 0.2) is 24.5 Å². The third-order valence-electron chi connectivity index (χ3n) is 2.66. The Morgan fingerprint density at radius 3 is 3.00 bits per heavy atom. The Morgan fingerprint density at radius 2 is 2.47 bits per heavy atom. The molecule has 0 aliphatic heterocycles. The number of aromatic nitrogens is 1. The van der Waals surface area contributed by atoms with Crippen molar-refractivity contribution in [3.05, 3.63) is 30.1 Å². The number of nitriles is 1. The fourth-order valence-electron chi connectivity index (χ4n) is 1.60. The van der Waals surface area contributed by atoms with Gasteiger partial charge in [0.15, 0.2) is 5.78 Å². The number of carbonyl (C=O) groups excluding carboxylic acids is 1. The van der Waals surface area contributed by atoms with E-state index in [2.05, 4.69) is 11.1 Å². The monoisotopic (exact) mass is 200 g/mol. The zero-order valence-corrected chi connectivity index (χ0v) is 8.39. The quantitative estimate of drug-likeness (QED) is 0.747. The molecular weight excluding hydrogens is 188 g/mol. The number of nitrogens with zero attached hydrogens (tertiary/aromatic N) is 2. The van der Waals surface area contributed by atoms with Gasteiger partial charge in [0.25, 0.3) is 0 Å². The third-order valence-corrected chi connectivity index (χ3v) is 2.66. The summed E-state index contributed by atoms with van der Waals surface area (Å²) in [5.74, 6) is -0.0580. The molecule has 1 atom stereocenters. The summed E-state index contributed by atoms with van der Waals surface area (Å²) < 4.78 is 0. The summed E-state index contributed by atoms with van der Waals surface area (Å²) in [5, 5.41) is 8.98. The van der Waals surface area contributed by atoms with Crippen molar-refractivity contribution in [1.82, 2.24) is 4.98 Å². The van der Waals surface area contributed by atoms with Crippen LogP contribution in [0.1, 0.15) is 30.7 Å². The molecule has 0 aromatic carbocycles. The summed E-state index contributed by atoms with van der Waals surface area (Å²) in [7, 11) is 0. The van der Waals surface area contributed by atoms with Gasteiger partial charge in [0.05, 0.1) is 6.07 Å². The Bertz CT molecular complexity index is 390. The van der Waals surface area contributed by atoms with Crippen LogP contribution in [0.3, 0.4) is 0 Å². The van der Waals surface area contributed by atoms with Crippen LogP contribution in [0.4, 0.5) is 0 Å². The van der Waals surface area contributed by atoms with Gasteiger partial charge < -0.3 is 0 Å². The number of hydrogen-bond donors (Lipinski definition) is 0. The summed E-state index contributed by atoms with van der Waals surface area (Å²) in [6.07, 6.45) is 6.06. The highest BCUT2D eigenvalue weighted by Gasteiger charge is 2.29. The largest absolute Gasteiger partial charge is 0.298 e. The first kappa shape index (κ1) is 9.85. The number of ketones is 1. The first-order valence-corrected chi connectivity index (χ1v) is 5.13. The molecule has 1 aliphatic carbocycles. The molecule has 0 saturated heterocycles. The predicted octanol–water partition coefficient (Wildman–Crippen LogP) is 2.06. The van der Waals surface area contributed by atoms with Gasteiger partial charge in [-0.15, -0.1) is 0 Å². The molecule has 1 aromatic heterocycles. The number of carbonyl (C=O) groups is 1. The molecule has 3 nitrogen and oxygen atoms in total. The smallest absolute Gasteiger partial charge is 0.154 e. The van der Waals surface area contributed by atoms with E-state index in [1.165, 1.54) is 0 Å². The minimum Gasteiger partial charge on any atom is -0.298 e. The first-order chi connectivity index (χ1) is 7.31. The lowest BCUT2D eigenvalue weighted by Crippen LogP contribution is -2.11. The molecule has 15 heavy (non-hydrogen) atoms. The average Bonchev–Trinajstić information content (AvgIpc) is 3.04. The van der Waals surface area contributed by atoms with E-state index in [0.717, 1.165) is 12.8 Å². The van der Waals surface area contributed by atoms with Crippen molar-refractivity contribution in [3.8, 4) is 6.07 Å². The van der Waals surface area contributed by atoms with Crippen LogP contribution in [0.25, 0.3) is 0 Å². The van der Waals surface area contributed by atoms with E-state index in [-0.39, 0.29) is 5.78 Å². The minimum atomic E-state index is -0.626. The minimum absolute atomic E-state index is 0.0352. The molecule has 0 radical (unpaired) electrons. The Kier molecular flexibility index (Phi) is 2.77. The van der Waals surface area contributed by atoms with E-state index in [9.17, 15) is 4.79 Å². The molecule has 1 fully saturated rings. The summed E-state index contributed by atoms with van der Waals surface area (Å²) >= 11 is 0. The second-order valence-electron chi connectivity index (χ2n) is 3.96. The molecule has 3 heteroatoms. The van der Waals surface area contributed by atoms with E-state index in [1.807, 2.05) is 0 Å². The van der Waals surface area contributed by atoms with Gasteiger partial charge in [-0.1, -0.05) is 6.07 Å². The van der Waals surface area contributed by atoms with Gasteiger partial charge in [-0.25, -0.2) is 0 Å². The van der Waals surface area contributed by atoms with Gasteiger partial charge in [0, 0.05) is 18.8 Å². The zero-order chi connectivity index (χ0) is 10.7. The van der Waals surface area contributed by atoms with E-state index in [4.69, 9.17) is 5.26 Å². The Morgan fingerprint density at radius 1 is 1.67 bits per heavy atom. The predicted molar refractivity (Wildman–Crippen MR) is 54.9 cm³/mol. The van der Waals surface area contributed by atoms with Crippen LogP contribution in [-0.4, -0.2) is 10.8 Å². The lowest BCUT2D eigenvalue weighted by molar-refractivity contribution is -0.119. The molecule has 1 aliphatic rings. The lowest BCUT2D eigenvalue weighted by atomic mass is 9.94. The highest BCUT2D eigenvalue weighted by molar-refractivity contribution is 5.88. The standard InChI is InChI=1S/C12H12N2O/c13-7-11(10-2-1-5-14-8-10)12(15)6-9-3-4-9/h1-2,5,8-9,11H,3-4,6H2. The van der Waals surface area contributed by atoms with Crippen molar-refractivity contribution in [2.75, 3.05) is 0 Å².